The van der Waals surface area contributed by atoms with Crippen LogP contribution in [-0.4, -0.2) is 61.7 Å². The first-order valence-electron chi connectivity index (χ1n) is 8.15. The Labute approximate surface area is 128 Å². The van der Waals surface area contributed by atoms with Crippen LogP contribution in [0.5, 0.6) is 5.75 Å². The van der Waals surface area contributed by atoms with Gasteiger partial charge in [0, 0.05) is 39.3 Å². The summed E-state index contributed by atoms with van der Waals surface area (Å²) in [5, 5.41) is 3.48. The minimum atomic E-state index is 0.261. The van der Waals surface area contributed by atoms with E-state index in [1.807, 2.05) is 12.1 Å². The van der Waals surface area contributed by atoms with E-state index in [2.05, 4.69) is 41.1 Å². The number of benzene rings is 1. The maximum atomic E-state index is 6.11. The molecule has 1 N–H and O–H groups in total. The average molecular weight is 289 g/mol. The van der Waals surface area contributed by atoms with E-state index in [9.17, 15) is 0 Å². The minimum Gasteiger partial charge on any atom is -0.485 e. The molecule has 1 unspecified atom stereocenters. The van der Waals surface area contributed by atoms with Crippen molar-refractivity contribution in [3.63, 3.8) is 0 Å². The maximum absolute atomic E-state index is 6.11. The molecule has 3 rings (SSSR count). The molecule has 2 heterocycles. The molecule has 21 heavy (non-hydrogen) atoms. The number of fused-ring (bicyclic) bond motifs is 1. The number of para-hydroxylation sites is 2. The first-order chi connectivity index (χ1) is 10.2. The normalized spacial score (nSPS) is 23.5. The molecule has 2 aliphatic rings. The zero-order chi connectivity index (χ0) is 14.7. The Balaban J connectivity index is 1.46. The van der Waals surface area contributed by atoms with Crippen molar-refractivity contribution in [2.24, 2.45) is 5.92 Å². The fraction of sp³-hybridized carbons (Fsp3) is 0.647. The van der Waals surface area contributed by atoms with Crippen molar-refractivity contribution in [3.05, 3.63) is 24.3 Å². The van der Waals surface area contributed by atoms with Gasteiger partial charge in [-0.1, -0.05) is 26.0 Å². The predicted octanol–water partition coefficient (Wildman–Crippen LogP) is 2.13. The summed E-state index contributed by atoms with van der Waals surface area (Å²) in [7, 11) is 0. The summed E-state index contributed by atoms with van der Waals surface area (Å²) in [6, 6.07) is 8.21. The third-order valence-corrected chi connectivity index (χ3v) is 4.25. The number of rotatable bonds is 4. The Morgan fingerprint density at radius 3 is 2.62 bits per heavy atom. The lowest BCUT2D eigenvalue weighted by Gasteiger charge is -2.38. The molecule has 4 nitrogen and oxygen atoms in total. The van der Waals surface area contributed by atoms with Crippen LogP contribution in [0.2, 0.25) is 0 Å². The quantitative estimate of drug-likeness (QED) is 0.919. The molecule has 116 valence electrons. The molecule has 4 heteroatoms. The number of nitrogens with one attached hydrogen (secondary N) is 1. The molecule has 1 saturated heterocycles. The Morgan fingerprint density at radius 2 is 1.86 bits per heavy atom. The van der Waals surface area contributed by atoms with E-state index in [4.69, 9.17) is 4.74 Å². The molecule has 0 aromatic heterocycles. The molecular weight excluding hydrogens is 262 g/mol. The van der Waals surface area contributed by atoms with Crippen molar-refractivity contribution in [1.82, 2.24) is 9.80 Å². The second-order valence-electron chi connectivity index (χ2n) is 6.61. The van der Waals surface area contributed by atoms with Crippen LogP contribution in [-0.2, 0) is 0 Å². The van der Waals surface area contributed by atoms with E-state index in [0.717, 1.165) is 43.5 Å². The lowest BCUT2D eigenvalue weighted by Crippen LogP contribution is -2.51. The summed E-state index contributed by atoms with van der Waals surface area (Å²) >= 11 is 0. The third kappa shape index (κ3) is 3.89. The Bertz CT molecular complexity index is 455. The highest BCUT2D eigenvalue weighted by Crippen LogP contribution is 2.28. The minimum absolute atomic E-state index is 0.261. The predicted molar refractivity (Wildman–Crippen MR) is 87.1 cm³/mol. The number of hydrogen-bond acceptors (Lipinski definition) is 4. The van der Waals surface area contributed by atoms with Gasteiger partial charge in [-0.05, 0) is 18.1 Å². The van der Waals surface area contributed by atoms with Crippen LogP contribution >= 0.6 is 0 Å². The fourth-order valence-corrected chi connectivity index (χ4v) is 3.22. The summed E-state index contributed by atoms with van der Waals surface area (Å²) < 4.78 is 6.11. The molecule has 0 saturated carbocycles. The Hall–Kier alpha value is -1.26. The number of anilines is 1. The molecule has 1 fully saturated rings. The number of piperazine rings is 1. The van der Waals surface area contributed by atoms with E-state index in [-0.39, 0.29) is 6.10 Å². The zero-order valence-electron chi connectivity index (χ0n) is 13.2. The summed E-state index contributed by atoms with van der Waals surface area (Å²) in [5.74, 6) is 1.76. The summed E-state index contributed by atoms with van der Waals surface area (Å²) in [5.41, 5.74) is 1.12. The summed E-state index contributed by atoms with van der Waals surface area (Å²) in [6.07, 6.45) is 0.261. The second-order valence-corrected chi connectivity index (χ2v) is 6.61. The van der Waals surface area contributed by atoms with E-state index in [1.54, 1.807) is 0 Å². The molecule has 1 aromatic rings. The Kier molecular flexibility index (Phi) is 4.66. The van der Waals surface area contributed by atoms with Gasteiger partial charge in [-0.15, -0.1) is 0 Å². The van der Waals surface area contributed by atoms with Gasteiger partial charge in [0.2, 0.25) is 0 Å². The van der Waals surface area contributed by atoms with Gasteiger partial charge in [0.1, 0.15) is 11.9 Å². The van der Waals surface area contributed by atoms with E-state index in [1.165, 1.54) is 19.6 Å². The number of nitrogens with zero attached hydrogens (tertiary/aromatic N) is 2. The van der Waals surface area contributed by atoms with Gasteiger partial charge in [0.25, 0.3) is 0 Å². The van der Waals surface area contributed by atoms with Crippen molar-refractivity contribution >= 4 is 5.69 Å². The maximum Gasteiger partial charge on any atom is 0.142 e. The molecule has 0 aliphatic carbocycles. The number of ether oxygens (including phenoxy) is 1. The summed E-state index contributed by atoms with van der Waals surface area (Å²) in [6.45, 7) is 12.5. The highest BCUT2D eigenvalue weighted by Gasteiger charge is 2.24. The van der Waals surface area contributed by atoms with Gasteiger partial charge in [-0.2, -0.15) is 0 Å². The van der Waals surface area contributed by atoms with Crippen LogP contribution in [0.4, 0.5) is 5.69 Å². The fourth-order valence-electron chi connectivity index (χ4n) is 3.22. The van der Waals surface area contributed by atoms with Crippen LogP contribution in [0.15, 0.2) is 24.3 Å². The highest BCUT2D eigenvalue weighted by atomic mass is 16.5. The van der Waals surface area contributed by atoms with Gasteiger partial charge in [-0.25, -0.2) is 0 Å². The van der Waals surface area contributed by atoms with Crippen molar-refractivity contribution in [3.8, 4) is 5.75 Å². The van der Waals surface area contributed by atoms with Crippen LogP contribution in [0.3, 0.4) is 0 Å². The van der Waals surface area contributed by atoms with Crippen molar-refractivity contribution in [2.45, 2.75) is 20.0 Å². The SMILES string of the molecule is CC(C)CN1CCN(CC2CNc3ccccc3O2)CC1. The first-order valence-corrected chi connectivity index (χ1v) is 8.15. The molecule has 2 aliphatic heterocycles. The van der Waals surface area contributed by atoms with E-state index in [0.29, 0.717) is 0 Å². The van der Waals surface area contributed by atoms with Gasteiger partial charge in [-0.3, -0.25) is 4.90 Å². The molecule has 0 spiro atoms. The van der Waals surface area contributed by atoms with Gasteiger partial charge in [0.05, 0.1) is 12.2 Å². The highest BCUT2D eigenvalue weighted by molar-refractivity contribution is 5.57. The standard InChI is InChI=1S/C17H27N3O/c1-14(2)12-19-7-9-20(10-8-19)13-15-11-18-16-5-3-4-6-17(16)21-15/h3-6,14-15,18H,7-13H2,1-2H3. The molecule has 0 radical (unpaired) electrons. The van der Waals surface area contributed by atoms with Crippen molar-refractivity contribution < 1.29 is 4.74 Å². The second kappa shape index (κ2) is 6.67. The van der Waals surface area contributed by atoms with Crippen LogP contribution < -0.4 is 10.1 Å². The molecule has 0 amide bonds. The van der Waals surface area contributed by atoms with Crippen molar-refractivity contribution in [2.75, 3.05) is 51.1 Å². The zero-order valence-corrected chi connectivity index (χ0v) is 13.2. The van der Waals surface area contributed by atoms with E-state index < -0.39 is 0 Å². The Morgan fingerprint density at radius 1 is 1.14 bits per heavy atom. The topological polar surface area (TPSA) is 27.7 Å². The molecular formula is C17H27N3O. The smallest absolute Gasteiger partial charge is 0.142 e. The lowest BCUT2D eigenvalue weighted by atomic mass is 10.1. The molecule has 1 aromatic carbocycles. The van der Waals surface area contributed by atoms with Crippen LogP contribution in [0, 0.1) is 5.92 Å². The monoisotopic (exact) mass is 289 g/mol. The average Bonchev–Trinajstić information content (AvgIpc) is 2.49. The van der Waals surface area contributed by atoms with Crippen LogP contribution in [0.1, 0.15) is 13.8 Å². The summed E-state index contributed by atoms with van der Waals surface area (Å²) in [4.78, 5) is 5.12. The van der Waals surface area contributed by atoms with Gasteiger partial charge < -0.3 is 15.0 Å². The van der Waals surface area contributed by atoms with Crippen LogP contribution in [0.25, 0.3) is 0 Å². The molecule has 0 bridgehead atoms. The third-order valence-electron chi connectivity index (χ3n) is 4.25. The van der Waals surface area contributed by atoms with Gasteiger partial charge in [0.15, 0.2) is 0 Å². The van der Waals surface area contributed by atoms with E-state index >= 15 is 0 Å². The lowest BCUT2D eigenvalue weighted by molar-refractivity contribution is 0.0813. The largest absolute Gasteiger partial charge is 0.485 e. The first kappa shape index (κ1) is 14.7. The number of hydrogen-bond donors (Lipinski definition) is 1. The molecule has 1 atom stereocenters. The van der Waals surface area contributed by atoms with Gasteiger partial charge >= 0.3 is 0 Å². The van der Waals surface area contributed by atoms with Crippen molar-refractivity contribution in [1.29, 1.82) is 0 Å².